The molecule has 0 aliphatic carbocycles. The van der Waals surface area contributed by atoms with Gasteiger partial charge in [-0.25, -0.2) is 4.79 Å². The van der Waals surface area contributed by atoms with Gasteiger partial charge in [0.25, 0.3) is 0 Å². The second kappa shape index (κ2) is 5.15. The average molecular weight is 190 g/mol. The summed E-state index contributed by atoms with van der Waals surface area (Å²) in [6.07, 6.45) is -0.991. The van der Waals surface area contributed by atoms with Crippen LogP contribution in [0.3, 0.4) is 0 Å². The third-order valence-corrected chi connectivity index (χ3v) is 1.22. The number of aliphatic carboxylic acids is 2. The Morgan fingerprint density at radius 2 is 1.77 bits per heavy atom. The number of carboxylic acid groups (broad SMARTS) is 2. The number of hydrogen-bond acceptors (Lipinski definition) is 4. The maximum Gasteiger partial charge on any atom is 0.370 e. The van der Waals surface area contributed by atoms with Crippen molar-refractivity contribution in [1.82, 2.24) is 0 Å². The van der Waals surface area contributed by atoms with Gasteiger partial charge in [0.1, 0.15) is 0 Å². The molecule has 0 saturated carbocycles. The fraction of sp³-hybridized carbons (Fsp3) is 0.429. The fourth-order valence-electron chi connectivity index (χ4n) is 0.608. The van der Waals surface area contributed by atoms with Crippen molar-refractivity contribution >= 4 is 11.9 Å². The first kappa shape index (κ1) is 11.4. The maximum atomic E-state index is 10.0. The first-order valence-corrected chi connectivity index (χ1v) is 3.47. The molecule has 1 unspecified atom stereocenters. The molecule has 0 aromatic carbocycles. The van der Waals surface area contributed by atoms with Gasteiger partial charge in [-0.2, -0.15) is 0 Å². The molecule has 6 nitrogen and oxygen atoms in total. The van der Waals surface area contributed by atoms with Gasteiger partial charge in [0.2, 0.25) is 0 Å². The van der Waals surface area contributed by atoms with E-state index >= 15 is 0 Å². The van der Waals surface area contributed by atoms with Gasteiger partial charge in [0, 0.05) is 6.42 Å². The van der Waals surface area contributed by atoms with Gasteiger partial charge >= 0.3 is 11.9 Å². The molecule has 0 aliphatic heterocycles. The summed E-state index contributed by atoms with van der Waals surface area (Å²) in [6, 6.07) is 0. The highest BCUT2D eigenvalue weighted by Crippen LogP contribution is 2.01. The van der Waals surface area contributed by atoms with Crippen molar-refractivity contribution in [2.45, 2.75) is 18.9 Å². The molecule has 0 bridgehead atoms. The van der Waals surface area contributed by atoms with Crippen LogP contribution in [0.1, 0.15) is 12.8 Å². The van der Waals surface area contributed by atoms with Crippen LogP contribution in [0.15, 0.2) is 11.8 Å². The van der Waals surface area contributed by atoms with Crippen molar-refractivity contribution in [2.75, 3.05) is 0 Å². The van der Waals surface area contributed by atoms with Crippen LogP contribution in [0.25, 0.3) is 0 Å². The van der Waals surface area contributed by atoms with Gasteiger partial charge < -0.3 is 20.4 Å². The number of hydrogen-bond donors (Lipinski definition) is 4. The zero-order chi connectivity index (χ0) is 10.4. The molecular weight excluding hydrogens is 180 g/mol. The van der Waals surface area contributed by atoms with E-state index in [0.29, 0.717) is 6.08 Å². The van der Waals surface area contributed by atoms with Crippen molar-refractivity contribution in [1.29, 1.82) is 0 Å². The average Bonchev–Trinajstić information content (AvgIpc) is 2.00. The van der Waals surface area contributed by atoms with Crippen LogP contribution >= 0.6 is 0 Å². The molecule has 74 valence electrons. The van der Waals surface area contributed by atoms with E-state index in [1.807, 2.05) is 0 Å². The monoisotopic (exact) mass is 190 g/mol. The minimum absolute atomic E-state index is 0.132. The van der Waals surface area contributed by atoms with E-state index in [1.165, 1.54) is 0 Å². The van der Waals surface area contributed by atoms with Gasteiger partial charge in [-0.15, -0.1) is 0 Å². The van der Waals surface area contributed by atoms with Crippen molar-refractivity contribution in [2.24, 2.45) is 0 Å². The van der Waals surface area contributed by atoms with E-state index in [2.05, 4.69) is 0 Å². The molecule has 0 aromatic rings. The molecule has 0 radical (unpaired) electrons. The van der Waals surface area contributed by atoms with Gasteiger partial charge in [-0.1, -0.05) is 0 Å². The predicted octanol–water partition coefficient (Wildman–Crippen LogP) is -0.261. The van der Waals surface area contributed by atoms with Crippen LogP contribution in [-0.2, 0) is 9.59 Å². The second-order valence-electron chi connectivity index (χ2n) is 2.36. The summed E-state index contributed by atoms with van der Waals surface area (Å²) in [4.78, 5) is 20.0. The van der Waals surface area contributed by atoms with Crippen molar-refractivity contribution < 1.29 is 30.0 Å². The van der Waals surface area contributed by atoms with Gasteiger partial charge in [-0.3, -0.25) is 4.79 Å². The highest BCUT2D eigenvalue weighted by molar-refractivity contribution is 5.83. The number of carboxylic acids is 2. The molecule has 0 heterocycles. The van der Waals surface area contributed by atoms with Crippen LogP contribution in [0.2, 0.25) is 0 Å². The second-order valence-corrected chi connectivity index (χ2v) is 2.36. The summed E-state index contributed by atoms with van der Waals surface area (Å²) >= 11 is 0. The number of aliphatic hydroxyl groups excluding tert-OH is 2. The summed E-state index contributed by atoms with van der Waals surface area (Å²) in [5.74, 6) is -3.64. The van der Waals surface area contributed by atoms with Gasteiger partial charge in [0.05, 0.1) is 6.10 Å². The first-order valence-electron chi connectivity index (χ1n) is 3.47. The highest BCUT2D eigenvalue weighted by atomic mass is 16.4. The zero-order valence-corrected chi connectivity index (χ0v) is 6.67. The Labute approximate surface area is 73.7 Å². The van der Waals surface area contributed by atoms with E-state index < -0.39 is 23.8 Å². The normalized spacial score (nSPS) is 13.8. The SMILES string of the molecule is O=C(O)CCC(O)/C=C(\O)C(=O)O. The summed E-state index contributed by atoms with van der Waals surface area (Å²) in [6.45, 7) is 0. The molecular formula is C7H10O6. The molecule has 13 heavy (non-hydrogen) atoms. The van der Waals surface area contributed by atoms with E-state index in [1.54, 1.807) is 0 Å². The standard InChI is InChI=1S/C7H10O6/c8-4(1-2-6(10)11)3-5(9)7(12)13/h3-4,8-9H,1-2H2,(H,10,11)(H,12,13)/b5-3-. The first-order chi connectivity index (χ1) is 5.93. The van der Waals surface area contributed by atoms with Crippen molar-refractivity contribution in [3.05, 3.63) is 11.8 Å². The minimum atomic E-state index is -1.56. The summed E-state index contributed by atoms with van der Waals surface area (Å²) < 4.78 is 0. The molecule has 0 fully saturated rings. The quantitative estimate of drug-likeness (QED) is 0.350. The number of rotatable bonds is 5. The third kappa shape index (κ3) is 5.68. The molecule has 0 amide bonds. The largest absolute Gasteiger partial charge is 0.502 e. The Bertz CT molecular complexity index is 231. The molecule has 4 N–H and O–H groups in total. The fourth-order valence-corrected chi connectivity index (χ4v) is 0.608. The summed E-state index contributed by atoms with van der Waals surface area (Å²) in [5, 5.41) is 33.9. The predicted molar refractivity (Wildman–Crippen MR) is 41.2 cm³/mol. The Hall–Kier alpha value is -1.56. The third-order valence-electron chi connectivity index (χ3n) is 1.22. The topological polar surface area (TPSA) is 115 Å². The maximum absolute atomic E-state index is 10.0. The molecule has 6 heteroatoms. The zero-order valence-electron chi connectivity index (χ0n) is 6.67. The lowest BCUT2D eigenvalue weighted by atomic mass is 10.2. The molecule has 1 atom stereocenters. The highest BCUT2D eigenvalue weighted by Gasteiger charge is 2.09. The number of aliphatic hydroxyl groups is 2. The van der Waals surface area contributed by atoms with Gasteiger partial charge in [0.15, 0.2) is 5.76 Å². The van der Waals surface area contributed by atoms with E-state index in [0.717, 1.165) is 0 Å². The molecule has 0 rings (SSSR count). The smallest absolute Gasteiger partial charge is 0.370 e. The molecule has 0 aromatic heterocycles. The van der Waals surface area contributed by atoms with E-state index in [9.17, 15) is 9.59 Å². The van der Waals surface area contributed by atoms with E-state index in [-0.39, 0.29) is 12.8 Å². The van der Waals surface area contributed by atoms with Gasteiger partial charge in [-0.05, 0) is 12.5 Å². The Morgan fingerprint density at radius 3 is 2.15 bits per heavy atom. The molecule has 0 spiro atoms. The van der Waals surface area contributed by atoms with E-state index in [4.69, 9.17) is 20.4 Å². The molecule has 0 aliphatic rings. The molecule has 0 saturated heterocycles. The van der Waals surface area contributed by atoms with Crippen LogP contribution < -0.4 is 0 Å². The Balaban J connectivity index is 3.99. The summed E-state index contributed by atoms with van der Waals surface area (Å²) in [5.41, 5.74) is 0. The summed E-state index contributed by atoms with van der Waals surface area (Å²) in [7, 11) is 0. The lowest BCUT2D eigenvalue weighted by Crippen LogP contribution is -2.10. The Morgan fingerprint density at radius 1 is 1.23 bits per heavy atom. The van der Waals surface area contributed by atoms with Crippen LogP contribution in [0.5, 0.6) is 0 Å². The van der Waals surface area contributed by atoms with Crippen LogP contribution in [0, 0.1) is 0 Å². The minimum Gasteiger partial charge on any atom is -0.502 e. The lowest BCUT2D eigenvalue weighted by Gasteiger charge is -2.02. The number of carbonyl (C=O) groups is 2. The van der Waals surface area contributed by atoms with Crippen LogP contribution in [0.4, 0.5) is 0 Å². The van der Waals surface area contributed by atoms with Crippen LogP contribution in [-0.4, -0.2) is 38.5 Å². The van der Waals surface area contributed by atoms with Crippen molar-refractivity contribution in [3.8, 4) is 0 Å². The van der Waals surface area contributed by atoms with Crippen molar-refractivity contribution in [3.63, 3.8) is 0 Å². The Kier molecular flexibility index (Phi) is 4.53. The lowest BCUT2D eigenvalue weighted by molar-refractivity contribution is -0.137.